The van der Waals surface area contributed by atoms with Crippen LogP contribution < -0.4 is 0 Å². The van der Waals surface area contributed by atoms with Crippen molar-refractivity contribution >= 4 is 11.6 Å². The van der Waals surface area contributed by atoms with Gasteiger partial charge >= 0.3 is 0 Å². The van der Waals surface area contributed by atoms with Gasteiger partial charge in [-0.1, -0.05) is 26.0 Å². The second kappa shape index (κ2) is 3.96. The summed E-state index contributed by atoms with van der Waals surface area (Å²) in [7, 11) is 0. The highest BCUT2D eigenvalue weighted by atomic mass is 35.5. The molecule has 1 unspecified atom stereocenters. The largest absolute Gasteiger partial charge is 0.122 e. The molecule has 0 aromatic rings. The summed E-state index contributed by atoms with van der Waals surface area (Å²) in [5.41, 5.74) is 1.15. The van der Waals surface area contributed by atoms with Crippen molar-refractivity contribution in [2.75, 3.05) is 5.88 Å². The third-order valence-corrected chi connectivity index (χ3v) is 1.82. The lowest BCUT2D eigenvalue weighted by Gasteiger charge is -2.07. The maximum Gasteiger partial charge on any atom is 0.0433 e. The lowest BCUT2D eigenvalue weighted by atomic mass is 10.0. The molecule has 8 heavy (non-hydrogen) atoms. The van der Waals surface area contributed by atoms with E-state index in [4.69, 9.17) is 11.6 Å². The van der Waals surface area contributed by atoms with Crippen molar-refractivity contribution in [1.82, 2.24) is 0 Å². The quantitative estimate of drug-likeness (QED) is 0.409. The summed E-state index contributed by atoms with van der Waals surface area (Å²) in [6, 6.07) is 0. The van der Waals surface area contributed by atoms with Gasteiger partial charge in [0.05, 0.1) is 0 Å². The molecule has 0 nitrogen and oxygen atoms in total. The van der Waals surface area contributed by atoms with Gasteiger partial charge in [-0.15, -0.1) is 11.6 Å². The van der Waals surface area contributed by atoms with Crippen molar-refractivity contribution < 1.29 is 0 Å². The first-order valence-corrected chi connectivity index (χ1v) is 3.49. The molecular formula is C7H13Cl. The Morgan fingerprint density at radius 2 is 2.25 bits per heavy atom. The molecule has 48 valence electrons. The molecule has 0 aliphatic carbocycles. The number of alkyl halides is 1. The van der Waals surface area contributed by atoms with Crippen LogP contribution >= 0.6 is 11.6 Å². The van der Waals surface area contributed by atoms with Gasteiger partial charge in [0.1, 0.15) is 0 Å². The zero-order chi connectivity index (χ0) is 6.57. The number of hydrogen-bond acceptors (Lipinski definition) is 0. The molecule has 0 rings (SSSR count). The SMILES string of the molecule is C=C(CCl)C(C)CC. The van der Waals surface area contributed by atoms with E-state index < -0.39 is 0 Å². The molecule has 0 fully saturated rings. The third kappa shape index (κ3) is 2.37. The Morgan fingerprint density at radius 3 is 2.38 bits per heavy atom. The molecule has 0 spiro atoms. The number of allylic oxidation sites excluding steroid dienone is 1. The van der Waals surface area contributed by atoms with Gasteiger partial charge in [-0.25, -0.2) is 0 Å². The summed E-state index contributed by atoms with van der Waals surface area (Å²) in [4.78, 5) is 0. The van der Waals surface area contributed by atoms with Gasteiger partial charge in [-0.05, 0) is 12.3 Å². The molecule has 1 heteroatoms. The molecule has 0 aromatic carbocycles. The van der Waals surface area contributed by atoms with E-state index in [1.807, 2.05) is 0 Å². The van der Waals surface area contributed by atoms with E-state index >= 15 is 0 Å². The summed E-state index contributed by atoms with van der Waals surface area (Å²) in [5, 5.41) is 0. The van der Waals surface area contributed by atoms with E-state index in [2.05, 4.69) is 20.4 Å². The van der Waals surface area contributed by atoms with Crippen LogP contribution in [0.15, 0.2) is 12.2 Å². The zero-order valence-corrected chi connectivity index (χ0v) is 6.33. The summed E-state index contributed by atoms with van der Waals surface area (Å²) < 4.78 is 0. The van der Waals surface area contributed by atoms with Crippen molar-refractivity contribution in [1.29, 1.82) is 0 Å². The van der Waals surface area contributed by atoms with Crippen molar-refractivity contribution in [2.45, 2.75) is 20.3 Å². The second-order valence-electron chi connectivity index (χ2n) is 2.10. The highest BCUT2D eigenvalue weighted by Gasteiger charge is 1.99. The first kappa shape index (κ1) is 8.03. The number of rotatable bonds is 3. The predicted octanol–water partition coefficient (Wildman–Crippen LogP) is 2.83. The van der Waals surface area contributed by atoms with E-state index in [0.29, 0.717) is 11.8 Å². The van der Waals surface area contributed by atoms with Gasteiger partial charge in [0, 0.05) is 5.88 Å². The molecule has 0 aliphatic rings. The smallest absolute Gasteiger partial charge is 0.0433 e. The maximum atomic E-state index is 5.53. The van der Waals surface area contributed by atoms with E-state index in [1.54, 1.807) is 0 Å². The average molecular weight is 133 g/mol. The monoisotopic (exact) mass is 132 g/mol. The van der Waals surface area contributed by atoms with Crippen molar-refractivity contribution in [3.05, 3.63) is 12.2 Å². The standard InChI is InChI=1S/C7H13Cl/c1-4-6(2)7(3)5-8/h6H,3-5H2,1-2H3. The van der Waals surface area contributed by atoms with Crippen LogP contribution in [0, 0.1) is 5.92 Å². The highest BCUT2D eigenvalue weighted by molar-refractivity contribution is 6.19. The van der Waals surface area contributed by atoms with Crippen LogP contribution in [-0.2, 0) is 0 Å². The molecule has 0 heterocycles. The van der Waals surface area contributed by atoms with E-state index in [0.717, 1.165) is 12.0 Å². The van der Waals surface area contributed by atoms with E-state index in [1.165, 1.54) is 0 Å². The number of hydrogen-bond donors (Lipinski definition) is 0. The Kier molecular flexibility index (Phi) is 3.98. The molecule has 0 bridgehead atoms. The Labute approximate surface area is 56.5 Å². The summed E-state index contributed by atoms with van der Waals surface area (Å²) in [5.74, 6) is 1.20. The van der Waals surface area contributed by atoms with Crippen LogP contribution in [0.3, 0.4) is 0 Å². The van der Waals surface area contributed by atoms with Gasteiger partial charge < -0.3 is 0 Å². The first-order valence-electron chi connectivity index (χ1n) is 2.96. The lowest BCUT2D eigenvalue weighted by Crippen LogP contribution is -1.96. The Balaban J connectivity index is 3.46. The van der Waals surface area contributed by atoms with Gasteiger partial charge in [0.2, 0.25) is 0 Å². The molecule has 0 aliphatic heterocycles. The van der Waals surface area contributed by atoms with Crippen molar-refractivity contribution in [3.8, 4) is 0 Å². The summed E-state index contributed by atoms with van der Waals surface area (Å²) >= 11 is 5.53. The minimum Gasteiger partial charge on any atom is -0.122 e. The van der Waals surface area contributed by atoms with Gasteiger partial charge in [0.25, 0.3) is 0 Å². The van der Waals surface area contributed by atoms with Crippen LogP contribution in [0.4, 0.5) is 0 Å². The van der Waals surface area contributed by atoms with Crippen molar-refractivity contribution in [3.63, 3.8) is 0 Å². The maximum absolute atomic E-state index is 5.53. The lowest BCUT2D eigenvalue weighted by molar-refractivity contribution is 0.660. The molecule has 1 atom stereocenters. The van der Waals surface area contributed by atoms with Crippen LogP contribution in [0.1, 0.15) is 20.3 Å². The van der Waals surface area contributed by atoms with Crippen LogP contribution in [-0.4, -0.2) is 5.88 Å². The second-order valence-corrected chi connectivity index (χ2v) is 2.37. The Hall–Kier alpha value is 0.0300. The number of halogens is 1. The van der Waals surface area contributed by atoms with Crippen LogP contribution in [0.2, 0.25) is 0 Å². The highest BCUT2D eigenvalue weighted by Crippen LogP contribution is 2.12. The van der Waals surface area contributed by atoms with Gasteiger partial charge in [0.15, 0.2) is 0 Å². The topological polar surface area (TPSA) is 0 Å². The molecular weight excluding hydrogens is 120 g/mol. The van der Waals surface area contributed by atoms with Gasteiger partial charge in [-0.2, -0.15) is 0 Å². The molecule has 0 aromatic heterocycles. The zero-order valence-electron chi connectivity index (χ0n) is 5.58. The fourth-order valence-electron chi connectivity index (χ4n) is 0.420. The average Bonchev–Trinajstić information content (AvgIpc) is 1.84. The normalized spacial score (nSPS) is 13.4. The molecule has 0 N–H and O–H groups in total. The minimum absolute atomic E-state index is 0.590. The summed E-state index contributed by atoms with van der Waals surface area (Å²) in [6.45, 7) is 8.10. The van der Waals surface area contributed by atoms with E-state index in [-0.39, 0.29) is 0 Å². The predicted molar refractivity (Wildman–Crippen MR) is 39.3 cm³/mol. The Bertz CT molecular complexity index is 76.5. The van der Waals surface area contributed by atoms with Crippen molar-refractivity contribution in [2.24, 2.45) is 5.92 Å². The van der Waals surface area contributed by atoms with Gasteiger partial charge in [-0.3, -0.25) is 0 Å². The molecule has 0 amide bonds. The molecule has 0 saturated carbocycles. The molecule has 0 saturated heterocycles. The fourth-order valence-corrected chi connectivity index (χ4v) is 0.684. The van der Waals surface area contributed by atoms with Crippen LogP contribution in [0.25, 0.3) is 0 Å². The van der Waals surface area contributed by atoms with E-state index in [9.17, 15) is 0 Å². The van der Waals surface area contributed by atoms with Crippen LogP contribution in [0.5, 0.6) is 0 Å². The summed E-state index contributed by atoms with van der Waals surface area (Å²) in [6.07, 6.45) is 1.14. The first-order chi connectivity index (χ1) is 3.72. The third-order valence-electron chi connectivity index (χ3n) is 1.48. The Morgan fingerprint density at radius 1 is 1.75 bits per heavy atom. The molecule has 0 radical (unpaired) electrons. The fraction of sp³-hybridized carbons (Fsp3) is 0.714. The minimum atomic E-state index is 0.590.